The van der Waals surface area contributed by atoms with Crippen molar-refractivity contribution in [2.45, 2.75) is 6.92 Å². The van der Waals surface area contributed by atoms with Crippen LogP contribution in [0.15, 0.2) is 23.4 Å². The van der Waals surface area contributed by atoms with E-state index in [2.05, 4.69) is 5.16 Å². The van der Waals surface area contributed by atoms with Crippen molar-refractivity contribution in [1.29, 1.82) is 0 Å². The Morgan fingerprint density at radius 3 is 2.42 bits per heavy atom. The predicted octanol–water partition coefficient (Wildman–Crippen LogP) is 2.45. The van der Waals surface area contributed by atoms with E-state index in [-0.39, 0.29) is 17.7 Å². The predicted molar refractivity (Wildman–Crippen MR) is 76.0 cm³/mol. The lowest BCUT2D eigenvalue weighted by Gasteiger charge is -2.21. The minimum Gasteiger partial charge on any atom is -0.409 e. The van der Waals surface area contributed by atoms with E-state index in [1.54, 1.807) is 32.2 Å². The molecule has 1 aromatic rings. The number of nitrogens with zero attached hydrogens (tertiary/aromatic N) is 2. The fourth-order valence-corrected chi connectivity index (χ4v) is 2.11. The molecule has 0 bridgehead atoms. The molecule has 5 nitrogen and oxygen atoms in total. The van der Waals surface area contributed by atoms with Crippen LogP contribution in [-0.2, 0) is 0 Å². The van der Waals surface area contributed by atoms with Crippen LogP contribution in [0.3, 0.4) is 0 Å². The van der Waals surface area contributed by atoms with Crippen LogP contribution in [-0.4, -0.2) is 35.4 Å². The van der Waals surface area contributed by atoms with Crippen LogP contribution in [0.5, 0.6) is 0 Å². The molecule has 3 N–H and O–H groups in total. The van der Waals surface area contributed by atoms with Gasteiger partial charge in [-0.1, -0.05) is 35.3 Å². The zero-order chi connectivity index (χ0) is 14.6. The lowest BCUT2D eigenvalue weighted by molar-refractivity contribution is 0.0786. The molecule has 7 heteroatoms. The molecular weight excluding hydrogens is 289 g/mol. The monoisotopic (exact) mass is 303 g/mol. The van der Waals surface area contributed by atoms with Gasteiger partial charge in [-0.3, -0.25) is 4.79 Å². The average molecular weight is 304 g/mol. The molecule has 0 heterocycles. The zero-order valence-electron chi connectivity index (χ0n) is 10.6. The number of halogens is 2. The summed E-state index contributed by atoms with van der Waals surface area (Å²) >= 11 is 11.7. The molecule has 104 valence electrons. The highest BCUT2D eigenvalue weighted by atomic mass is 35.5. The number of nitrogens with two attached hydrogens (primary N) is 1. The van der Waals surface area contributed by atoms with Gasteiger partial charge in [0.25, 0.3) is 5.91 Å². The number of carbonyl (C=O) groups is 1. The maximum atomic E-state index is 12.2. The Morgan fingerprint density at radius 2 is 1.95 bits per heavy atom. The van der Waals surface area contributed by atoms with Crippen LogP contribution < -0.4 is 5.73 Å². The molecule has 19 heavy (non-hydrogen) atoms. The number of benzene rings is 1. The summed E-state index contributed by atoms with van der Waals surface area (Å²) in [5.74, 6) is -0.417. The molecule has 0 aliphatic heterocycles. The fourth-order valence-electron chi connectivity index (χ4n) is 1.58. The molecule has 0 fully saturated rings. The van der Waals surface area contributed by atoms with Crippen molar-refractivity contribution in [1.82, 2.24) is 4.90 Å². The van der Waals surface area contributed by atoms with Crippen molar-refractivity contribution in [2.75, 3.05) is 13.6 Å². The van der Waals surface area contributed by atoms with Gasteiger partial charge in [0, 0.05) is 35.1 Å². The van der Waals surface area contributed by atoms with Crippen LogP contribution in [0.4, 0.5) is 0 Å². The number of hydrogen-bond donors (Lipinski definition) is 2. The SMILES string of the molecule is CC(CN(C)C(=O)c1cc(Cl)cc(Cl)c1)C(N)=NO. The van der Waals surface area contributed by atoms with E-state index in [9.17, 15) is 4.79 Å². The van der Waals surface area contributed by atoms with Gasteiger partial charge < -0.3 is 15.8 Å². The van der Waals surface area contributed by atoms with Crippen molar-refractivity contribution in [2.24, 2.45) is 16.8 Å². The Kier molecular flexibility index (Phi) is 5.44. The van der Waals surface area contributed by atoms with Crippen LogP contribution in [0.1, 0.15) is 17.3 Å². The third-order valence-corrected chi connectivity index (χ3v) is 3.06. The minimum absolute atomic E-state index is 0.0729. The Morgan fingerprint density at radius 1 is 1.42 bits per heavy atom. The van der Waals surface area contributed by atoms with E-state index in [0.29, 0.717) is 22.2 Å². The highest BCUT2D eigenvalue weighted by molar-refractivity contribution is 6.35. The number of rotatable bonds is 4. The van der Waals surface area contributed by atoms with Gasteiger partial charge in [-0.25, -0.2) is 0 Å². The van der Waals surface area contributed by atoms with Crippen molar-refractivity contribution >= 4 is 34.9 Å². The number of amidine groups is 1. The maximum absolute atomic E-state index is 12.2. The van der Waals surface area contributed by atoms with Crippen LogP contribution >= 0.6 is 23.2 Å². The highest BCUT2D eigenvalue weighted by Gasteiger charge is 2.17. The smallest absolute Gasteiger partial charge is 0.253 e. The molecular formula is C12H15Cl2N3O2. The van der Waals surface area contributed by atoms with Gasteiger partial charge in [0.05, 0.1) is 0 Å². The lowest BCUT2D eigenvalue weighted by Crippen LogP contribution is -2.36. The van der Waals surface area contributed by atoms with E-state index >= 15 is 0 Å². The summed E-state index contributed by atoms with van der Waals surface area (Å²) in [5, 5.41) is 12.3. The first-order valence-corrected chi connectivity index (χ1v) is 6.29. The molecule has 1 rings (SSSR count). The minimum atomic E-state index is -0.256. The second kappa shape index (κ2) is 6.63. The van der Waals surface area contributed by atoms with Gasteiger partial charge in [0.2, 0.25) is 0 Å². The van der Waals surface area contributed by atoms with E-state index in [4.69, 9.17) is 34.1 Å². The van der Waals surface area contributed by atoms with Gasteiger partial charge in [-0.05, 0) is 18.2 Å². The maximum Gasteiger partial charge on any atom is 0.253 e. The van der Waals surface area contributed by atoms with Crippen LogP contribution in [0, 0.1) is 5.92 Å². The third kappa shape index (κ3) is 4.29. The average Bonchev–Trinajstić information content (AvgIpc) is 2.35. The van der Waals surface area contributed by atoms with E-state index < -0.39 is 0 Å². The summed E-state index contributed by atoms with van der Waals surface area (Å²) in [4.78, 5) is 13.6. The number of oxime groups is 1. The van der Waals surface area contributed by atoms with Crippen molar-refractivity contribution < 1.29 is 10.0 Å². The summed E-state index contributed by atoms with van der Waals surface area (Å²) < 4.78 is 0. The molecule has 0 aliphatic rings. The lowest BCUT2D eigenvalue weighted by atomic mass is 10.1. The normalized spacial score (nSPS) is 13.2. The summed E-state index contributed by atoms with van der Waals surface area (Å²) in [6.45, 7) is 2.07. The Hall–Kier alpha value is -1.46. The molecule has 0 aliphatic carbocycles. The Balaban J connectivity index is 2.82. The summed E-state index contributed by atoms with van der Waals surface area (Å²) in [7, 11) is 1.62. The highest BCUT2D eigenvalue weighted by Crippen LogP contribution is 2.20. The first-order chi connectivity index (χ1) is 8.85. The van der Waals surface area contributed by atoms with Crippen molar-refractivity contribution in [3.63, 3.8) is 0 Å². The molecule has 1 atom stereocenters. The second-order valence-electron chi connectivity index (χ2n) is 4.27. The number of hydrogen-bond acceptors (Lipinski definition) is 3. The summed E-state index contributed by atoms with van der Waals surface area (Å²) in [6, 6.07) is 4.64. The molecule has 1 amide bonds. The molecule has 1 aromatic carbocycles. The Labute approximate surface area is 121 Å². The van der Waals surface area contributed by atoms with Gasteiger partial charge in [0.15, 0.2) is 0 Å². The van der Waals surface area contributed by atoms with Crippen molar-refractivity contribution in [3.05, 3.63) is 33.8 Å². The molecule has 1 unspecified atom stereocenters. The largest absolute Gasteiger partial charge is 0.409 e. The van der Waals surface area contributed by atoms with Crippen LogP contribution in [0.2, 0.25) is 10.0 Å². The van der Waals surface area contributed by atoms with E-state index in [0.717, 1.165) is 0 Å². The van der Waals surface area contributed by atoms with E-state index in [1.807, 2.05) is 0 Å². The third-order valence-electron chi connectivity index (χ3n) is 2.62. The molecule has 0 spiro atoms. The fraction of sp³-hybridized carbons (Fsp3) is 0.333. The van der Waals surface area contributed by atoms with Crippen LogP contribution in [0.25, 0.3) is 0 Å². The molecule has 0 saturated heterocycles. The van der Waals surface area contributed by atoms with Crippen molar-refractivity contribution in [3.8, 4) is 0 Å². The van der Waals surface area contributed by atoms with Gasteiger partial charge in [-0.15, -0.1) is 0 Å². The number of amides is 1. The van der Waals surface area contributed by atoms with Gasteiger partial charge in [0.1, 0.15) is 5.84 Å². The second-order valence-corrected chi connectivity index (χ2v) is 5.14. The number of carbonyl (C=O) groups excluding carboxylic acids is 1. The zero-order valence-corrected chi connectivity index (χ0v) is 12.1. The first-order valence-electron chi connectivity index (χ1n) is 5.54. The van der Waals surface area contributed by atoms with Gasteiger partial charge >= 0.3 is 0 Å². The quantitative estimate of drug-likeness (QED) is 0.388. The topological polar surface area (TPSA) is 78.9 Å². The summed E-state index contributed by atoms with van der Waals surface area (Å²) in [6.07, 6.45) is 0. The summed E-state index contributed by atoms with van der Waals surface area (Å²) in [5.41, 5.74) is 5.87. The Bertz CT molecular complexity index is 485. The van der Waals surface area contributed by atoms with E-state index in [1.165, 1.54) is 4.90 Å². The molecule has 0 aromatic heterocycles. The first kappa shape index (κ1) is 15.6. The molecule has 0 radical (unpaired) electrons. The standard InChI is InChI=1S/C12H15Cl2N3O2/c1-7(11(15)16-19)6-17(2)12(18)8-3-9(13)5-10(14)4-8/h3-5,7,19H,6H2,1-2H3,(H2,15,16). The molecule has 0 saturated carbocycles. The van der Waals surface area contributed by atoms with Gasteiger partial charge in [-0.2, -0.15) is 0 Å².